The van der Waals surface area contributed by atoms with Crippen LogP contribution in [0.25, 0.3) is 0 Å². The maximum absolute atomic E-state index is 11.9. The van der Waals surface area contributed by atoms with E-state index in [2.05, 4.69) is 19.2 Å². The van der Waals surface area contributed by atoms with Gasteiger partial charge in [-0.1, -0.05) is 0 Å². The minimum Gasteiger partial charge on any atom is -0.371 e. The van der Waals surface area contributed by atoms with Gasteiger partial charge in [-0.25, -0.2) is 0 Å². The van der Waals surface area contributed by atoms with Crippen LogP contribution >= 0.6 is 0 Å². The van der Waals surface area contributed by atoms with E-state index in [1.54, 1.807) is 0 Å². The maximum Gasteiger partial charge on any atom is 0.389 e. The minimum atomic E-state index is -4.02. The summed E-state index contributed by atoms with van der Waals surface area (Å²) < 4.78 is 41.3. The summed E-state index contributed by atoms with van der Waals surface area (Å²) in [7, 11) is 0. The second kappa shape index (κ2) is 6.05. The summed E-state index contributed by atoms with van der Waals surface area (Å²) in [5.41, 5.74) is -0.0391. The largest absolute Gasteiger partial charge is 0.389 e. The summed E-state index contributed by atoms with van der Waals surface area (Å²) in [5, 5.41) is 3.16. The van der Waals surface area contributed by atoms with Crippen molar-refractivity contribution < 1.29 is 17.9 Å². The molecule has 1 heterocycles. The zero-order chi connectivity index (χ0) is 12.9. The Morgan fingerprint density at radius 1 is 1.29 bits per heavy atom. The number of ether oxygens (including phenoxy) is 1. The summed E-state index contributed by atoms with van der Waals surface area (Å²) in [4.78, 5) is 0. The highest BCUT2D eigenvalue weighted by molar-refractivity contribution is 4.81. The molecule has 1 aliphatic heterocycles. The lowest BCUT2D eigenvalue weighted by Crippen LogP contribution is -2.30. The standard InChI is InChI=1S/C12H22F3NO/c1-11(2)7-5-10(17-11)9-16-8-4-3-6-12(13,14)15/h10,16H,3-9H2,1-2H3. The van der Waals surface area contributed by atoms with E-state index >= 15 is 0 Å². The van der Waals surface area contributed by atoms with Gasteiger partial charge in [0.25, 0.3) is 0 Å². The van der Waals surface area contributed by atoms with Gasteiger partial charge < -0.3 is 10.1 Å². The number of hydrogen-bond acceptors (Lipinski definition) is 2. The van der Waals surface area contributed by atoms with Crippen LogP contribution in [0.3, 0.4) is 0 Å². The van der Waals surface area contributed by atoms with Crippen LogP contribution in [0.4, 0.5) is 13.2 Å². The lowest BCUT2D eigenvalue weighted by Gasteiger charge is -2.19. The van der Waals surface area contributed by atoms with Crippen LogP contribution in [0.2, 0.25) is 0 Å². The molecule has 1 atom stereocenters. The molecular formula is C12H22F3NO. The monoisotopic (exact) mass is 253 g/mol. The van der Waals surface area contributed by atoms with Gasteiger partial charge in [-0.2, -0.15) is 13.2 Å². The molecule has 0 radical (unpaired) electrons. The number of hydrogen-bond donors (Lipinski definition) is 1. The van der Waals surface area contributed by atoms with Gasteiger partial charge in [-0.3, -0.25) is 0 Å². The van der Waals surface area contributed by atoms with Gasteiger partial charge in [-0.05, 0) is 46.1 Å². The van der Waals surface area contributed by atoms with Crippen LogP contribution in [-0.4, -0.2) is 31.0 Å². The first-order valence-electron chi connectivity index (χ1n) is 6.24. The van der Waals surface area contributed by atoms with Gasteiger partial charge in [-0.15, -0.1) is 0 Å². The van der Waals surface area contributed by atoms with Crippen LogP contribution < -0.4 is 5.32 Å². The number of rotatable bonds is 6. The Bertz CT molecular complexity index is 228. The Balaban J connectivity index is 1.95. The molecule has 0 bridgehead atoms. The van der Waals surface area contributed by atoms with Crippen molar-refractivity contribution in [3.05, 3.63) is 0 Å². The van der Waals surface area contributed by atoms with E-state index in [0.717, 1.165) is 19.4 Å². The van der Waals surface area contributed by atoms with Gasteiger partial charge in [0, 0.05) is 13.0 Å². The second-order valence-corrected chi connectivity index (χ2v) is 5.31. The number of unbranched alkanes of at least 4 members (excludes halogenated alkanes) is 1. The van der Waals surface area contributed by atoms with Crippen LogP contribution in [0.5, 0.6) is 0 Å². The summed E-state index contributed by atoms with van der Waals surface area (Å²) in [6.07, 6.45) is -1.63. The third-order valence-electron chi connectivity index (χ3n) is 2.99. The Labute approximate surface area is 101 Å². The average Bonchev–Trinajstić information content (AvgIpc) is 2.50. The molecule has 0 aliphatic carbocycles. The van der Waals surface area contributed by atoms with Crippen LogP contribution in [0.1, 0.15) is 46.0 Å². The van der Waals surface area contributed by atoms with Crippen molar-refractivity contribution in [3.8, 4) is 0 Å². The molecule has 1 fully saturated rings. The van der Waals surface area contributed by atoms with E-state index in [9.17, 15) is 13.2 Å². The van der Waals surface area contributed by atoms with Crippen LogP contribution in [-0.2, 0) is 4.74 Å². The third kappa shape index (κ3) is 6.88. The Hall–Kier alpha value is -0.290. The second-order valence-electron chi connectivity index (χ2n) is 5.31. The minimum absolute atomic E-state index is 0.0391. The molecule has 1 unspecified atom stereocenters. The first-order chi connectivity index (χ1) is 7.79. The van der Waals surface area contributed by atoms with Gasteiger partial charge in [0.15, 0.2) is 0 Å². The summed E-state index contributed by atoms with van der Waals surface area (Å²) in [6.45, 7) is 5.51. The van der Waals surface area contributed by atoms with Crippen molar-refractivity contribution in [2.45, 2.75) is 63.8 Å². The SMILES string of the molecule is CC1(C)CCC(CNCCCCC(F)(F)F)O1. The fourth-order valence-electron chi connectivity index (χ4n) is 2.06. The van der Waals surface area contributed by atoms with Gasteiger partial charge in [0.05, 0.1) is 11.7 Å². The molecule has 17 heavy (non-hydrogen) atoms. The predicted molar refractivity (Wildman–Crippen MR) is 61.0 cm³/mol. The molecule has 1 N–H and O–H groups in total. The molecule has 0 aromatic rings. The molecule has 0 amide bonds. The van der Waals surface area contributed by atoms with Crippen molar-refractivity contribution >= 4 is 0 Å². The van der Waals surface area contributed by atoms with Gasteiger partial charge in [0.2, 0.25) is 0 Å². The number of nitrogens with one attached hydrogen (secondary N) is 1. The maximum atomic E-state index is 11.9. The molecule has 1 aliphatic rings. The van der Waals surface area contributed by atoms with E-state index in [1.807, 2.05) is 0 Å². The average molecular weight is 253 g/mol. The first-order valence-corrected chi connectivity index (χ1v) is 6.24. The van der Waals surface area contributed by atoms with E-state index in [4.69, 9.17) is 4.74 Å². The molecule has 0 aromatic carbocycles. The van der Waals surface area contributed by atoms with Crippen molar-refractivity contribution in [3.63, 3.8) is 0 Å². The molecule has 2 nitrogen and oxygen atoms in total. The molecule has 5 heteroatoms. The number of alkyl halides is 3. The highest BCUT2D eigenvalue weighted by Crippen LogP contribution is 2.28. The van der Waals surface area contributed by atoms with Crippen LogP contribution in [0.15, 0.2) is 0 Å². The zero-order valence-corrected chi connectivity index (χ0v) is 10.6. The quantitative estimate of drug-likeness (QED) is 0.734. The molecular weight excluding hydrogens is 231 g/mol. The van der Waals surface area contributed by atoms with Crippen molar-refractivity contribution in [2.75, 3.05) is 13.1 Å². The topological polar surface area (TPSA) is 21.3 Å². The molecule has 1 saturated heterocycles. The lowest BCUT2D eigenvalue weighted by atomic mass is 10.1. The van der Waals surface area contributed by atoms with Crippen molar-refractivity contribution in [2.24, 2.45) is 0 Å². The van der Waals surface area contributed by atoms with Crippen molar-refractivity contribution in [1.29, 1.82) is 0 Å². The summed E-state index contributed by atoms with van der Waals surface area (Å²) in [5.74, 6) is 0. The van der Waals surface area contributed by atoms with E-state index in [0.29, 0.717) is 13.0 Å². The normalized spacial score (nSPS) is 24.2. The number of halogens is 3. The Kier molecular flexibility index (Phi) is 5.25. The summed E-state index contributed by atoms with van der Waals surface area (Å²) in [6, 6.07) is 0. The Morgan fingerprint density at radius 3 is 2.53 bits per heavy atom. The molecule has 1 rings (SSSR count). The highest BCUT2D eigenvalue weighted by Gasteiger charge is 2.31. The lowest BCUT2D eigenvalue weighted by molar-refractivity contribution is -0.135. The molecule has 102 valence electrons. The van der Waals surface area contributed by atoms with Gasteiger partial charge in [0.1, 0.15) is 0 Å². The van der Waals surface area contributed by atoms with Crippen molar-refractivity contribution in [1.82, 2.24) is 5.32 Å². The molecule has 0 aromatic heterocycles. The predicted octanol–water partition coefficient (Wildman–Crippen LogP) is 3.27. The third-order valence-corrected chi connectivity index (χ3v) is 2.99. The van der Waals surface area contributed by atoms with E-state index in [1.165, 1.54) is 0 Å². The zero-order valence-electron chi connectivity index (χ0n) is 10.6. The summed E-state index contributed by atoms with van der Waals surface area (Å²) >= 11 is 0. The Morgan fingerprint density at radius 2 is 2.00 bits per heavy atom. The molecule has 0 saturated carbocycles. The fraction of sp³-hybridized carbons (Fsp3) is 1.00. The van der Waals surface area contributed by atoms with Crippen LogP contribution in [0, 0.1) is 0 Å². The fourth-order valence-corrected chi connectivity index (χ4v) is 2.06. The smallest absolute Gasteiger partial charge is 0.371 e. The van der Waals surface area contributed by atoms with E-state index in [-0.39, 0.29) is 18.1 Å². The molecule has 0 spiro atoms. The highest BCUT2D eigenvalue weighted by atomic mass is 19.4. The van der Waals surface area contributed by atoms with E-state index < -0.39 is 12.6 Å². The first kappa shape index (κ1) is 14.8. The van der Waals surface area contributed by atoms with Gasteiger partial charge >= 0.3 is 6.18 Å².